The van der Waals surface area contributed by atoms with Crippen LogP contribution in [0.5, 0.6) is 5.75 Å². The normalized spacial score (nSPS) is 11.5. The summed E-state index contributed by atoms with van der Waals surface area (Å²) in [7, 11) is -2.50. The van der Waals surface area contributed by atoms with E-state index >= 15 is 0 Å². The smallest absolute Gasteiger partial charge is 0.274 e. The zero-order valence-corrected chi connectivity index (χ0v) is 20.1. The number of rotatable bonds is 8. The fourth-order valence-corrected chi connectivity index (χ4v) is 6.82. The van der Waals surface area contributed by atoms with Gasteiger partial charge in [-0.2, -0.15) is 0 Å². The molecule has 0 radical (unpaired) electrons. The summed E-state index contributed by atoms with van der Waals surface area (Å²) in [6.45, 7) is 3.37. The minimum absolute atomic E-state index is 0.157. The fourth-order valence-electron chi connectivity index (χ4n) is 3.54. The number of anilines is 1. The van der Waals surface area contributed by atoms with E-state index in [9.17, 15) is 13.2 Å². The van der Waals surface area contributed by atoms with Crippen LogP contribution in [0.25, 0.3) is 5.13 Å². The Balaban J connectivity index is 1.77. The zero-order chi connectivity index (χ0) is 22.9. The van der Waals surface area contributed by atoms with E-state index < -0.39 is 10.0 Å². The third-order valence-electron chi connectivity index (χ3n) is 5.02. The quantitative estimate of drug-likeness (QED) is 0.337. The van der Waals surface area contributed by atoms with Crippen molar-refractivity contribution in [2.24, 2.45) is 0 Å². The predicted octanol–water partition coefficient (Wildman–Crippen LogP) is 4.70. The number of nitrogens with zero attached hydrogens (tertiary/aromatic N) is 3. The first-order chi connectivity index (χ1) is 15.3. The van der Waals surface area contributed by atoms with Gasteiger partial charge in [0.1, 0.15) is 9.96 Å². The number of carbonyl (C=O) groups is 1. The minimum atomic E-state index is -3.97. The molecule has 0 bridgehead atoms. The topological polar surface area (TPSA) is 81.5 Å². The van der Waals surface area contributed by atoms with Crippen LogP contribution in [0.3, 0.4) is 0 Å². The standard InChI is InChI=1S/C22H21N3O4S3/c1-15-13-17(16(2)25(15)22-23-10-12-31-22)19(26)14-24(18-7-4-5-8-20(18)29-3)32(27,28)21-9-6-11-30-21/h4-13H,14H2,1-3H3. The van der Waals surface area contributed by atoms with Gasteiger partial charge < -0.3 is 4.74 Å². The van der Waals surface area contributed by atoms with Crippen LogP contribution in [-0.2, 0) is 10.0 Å². The Hall–Kier alpha value is -2.95. The molecule has 0 fully saturated rings. The van der Waals surface area contributed by atoms with Gasteiger partial charge in [-0.3, -0.25) is 13.7 Å². The number of thiophene rings is 1. The number of ketones is 1. The second-order valence-corrected chi connectivity index (χ2v) is 10.9. The van der Waals surface area contributed by atoms with Crippen molar-refractivity contribution < 1.29 is 17.9 Å². The first kappa shape index (κ1) is 22.3. The molecular weight excluding hydrogens is 466 g/mol. The summed E-state index contributed by atoms with van der Waals surface area (Å²) in [6.07, 6.45) is 1.71. The van der Waals surface area contributed by atoms with Gasteiger partial charge in [-0.25, -0.2) is 13.4 Å². The number of benzene rings is 1. The third kappa shape index (κ3) is 3.96. The van der Waals surface area contributed by atoms with Crippen LogP contribution in [0.2, 0.25) is 0 Å². The highest BCUT2D eigenvalue weighted by molar-refractivity contribution is 7.94. The molecule has 0 N–H and O–H groups in total. The monoisotopic (exact) mass is 487 g/mol. The SMILES string of the molecule is COc1ccccc1N(CC(=O)c1cc(C)n(-c2nccs2)c1C)S(=O)(=O)c1cccs1. The summed E-state index contributed by atoms with van der Waals surface area (Å²) in [5.74, 6) is 0.0561. The van der Waals surface area contributed by atoms with Crippen molar-refractivity contribution in [2.45, 2.75) is 18.1 Å². The van der Waals surface area contributed by atoms with E-state index in [0.717, 1.165) is 32.2 Å². The molecule has 0 aliphatic carbocycles. The van der Waals surface area contributed by atoms with Crippen LogP contribution in [-0.4, -0.2) is 37.4 Å². The number of Topliss-reactive ketones (excluding diaryl/α,β-unsaturated/α-hetero) is 1. The molecule has 0 atom stereocenters. The summed E-state index contributed by atoms with van der Waals surface area (Å²) < 4.78 is 35.6. The molecule has 3 heterocycles. The summed E-state index contributed by atoms with van der Waals surface area (Å²) in [4.78, 5) is 17.8. The highest BCUT2D eigenvalue weighted by Gasteiger charge is 2.31. The molecule has 3 aromatic heterocycles. The molecule has 0 saturated carbocycles. The van der Waals surface area contributed by atoms with Gasteiger partial charge >= 0.3 is 0 Å². The molecule has 4 rings (SSSR count). The largest absolute Gasteiger partial charge is 0.495 e. The second kappa shape index (κ2) is 8.89. The van der Waals surface area contributed by atoms with Crippen LogP contribution in [0.1, 0.15) is 21.7 Å². The number of aromatic nitrogens is 2. The van der Waals surface area contributed by atoms with E-state index in [1.165, 1.54) is 24.5 Å². The van der Waals surface area contributed by atoms with E-state index in [-0.39, 0.29) is 16.5 Å². The maximum atomic E-state index is 13.5. The van der Waals surface area contributed by atoms with Crippen LogP contribution in [0.15, 0.2) is 63.6 Å². The molecule has 32 heavy (non-hydrogen) atoms. The number of ether oxygens (including phenoxy) is 1. The van der Waals surface area contributed by atoms with E-state index in [1.54, 1.807) is 48.0 Å². The van der Waals surface area contributed by atoms with Crippen molar-refractivity contribution in [1.29, 1.82) is 0 Å². The number of aryl methyl sites for hydroxylation is 1. The van der Waals surface area contributed by atoms with Crippen molar-refractivity contribution in [3.8, 4) is 10.9 Å². The van der Waals surface area contributed by atoms with Crippen molar-refractivity contribution in [3.05, 3.63) is 76.4 Å². The Bertz CT molecular complexity index is 1340. The van der Waals surface area contributed by atoms with Gasteiger partial charge in [0.25, 0.3) is 10.0 Å². The first-order valence-corrected chi connectivity index (χ1v) is 12.9. The number of hydrogen-bond acceptors (Lipinski definition) is 7. The fraction of sp³-hybridized carbons (Fsp3) is 0.182. The van der Waals surface area contributed by atoms with E-state index in [0.29, 0.717) is 17.0 Å². The number of para-hydroxylation sites is 2. The van der Waals surface area contributed by atoms with E-state index in [1.807, 2.05) is 23.8 Å². The first-order valence-electron chi connectivity index (χ1n) is 9.66. The molecule has 0 spiro atoms. The average molecular weight is 488 g/mol. The highest BCUT2D eigenvalue weighted by Crippen LogP contribution is 2.34. The molecule has 0 amide bonds. The van der Waals surface area contributed by atoms with Crippen molar-refractivity contribution in [2.75, 3.05) is 18.0 Å². The molecule has 4 aromatic rings. The lowest BCUT2D eigenvalue weighted by atomic mass is 10.1. The number of thiazole rings is 1. The van der Waals surface area contributed by atoms with Gasteiger partial charge in [-0.1, -0.05) is 18.2 Å². The number of sulfonamides is 1. The molecular formula is C22H21N3O4S3. The molecule has 0 saturated heterocycles. The Morgan fingerprint density at radius 1 is 1.12 bits per heavy atom. The zero-order valence-electron chi connectivity index (χ0n) is 17.7. The van der Waals surface area contributed by atoms with Crippen LogP contribution in [0, 0.1) is 13.8 Å². The Morgan fingerprint density at radius 3 is 2.56 bits per heavy atom. The summed E-state index contributed by atoms with van der Waals surface area (Å²) in [6, 6.07) is 11.7. The maximum Gasteiger partial charge on any atom is 0.274 e. The van der Waals surface area contributed by atoms with E-state index in [2.05, 4.69) is 4.98 Å². The summed E-state index contributed by atoms with van der Waals surface area (Å²) >= 11 is 2.57. The van der Waals surface area contributed by atoms with Gasteiger partial charge in [0.2, 0.25) is 0 Å². The molecule has 0 aliphatic rings. The Morgan fingerprint density at radius 2 is 1.91 bits per heavy atom. The van der Waals surface area contributed by atoms with Gasteiger partial charge in [0.05, 0.1) is 19.3 Å². The number of hydrogen-bond donors (Lipinski definition) is 0. The average Bonchev–Trinajstić information content (AvgIpc) is 3.54. The van der Waals surface area contributed by atoms with Crippen LogP contribution in [0.4, 0.5) is 5.69 Å². The molecule has 1 aromatic carbocycles. The Labute approximate surface area is 194 Å². The van der Waals surface area contributed by atoms with E-state index in [4.69, 9.17) is 4.74 Å². The minimum Gasteiger partial charge on any atom is -0.495 e. The summed E-state index contributed by atoms with van der Waals surface area (Å²) in [5.41, 5.74) is 2.34. The lowest BCUT2D eigenvalue weighted by Crippen LogP contribution is -2.36. The Kier molecular flexibility index (Phi) is 6.18. The van der Waals surface area contributed by atoms with Crippen molar-refractivity contribution >= 4 is 44.2 Å². The van der Waals surface area contributed by atoms with Gasteiger partial charge in [-0.05, 0) is 43.5 Å². The lowest BCUT2D eigenvalue weighted by Gasteiger charge is -2.24. The van der Waals surface area contributed by atoms with Gasteiger partial charge in [-0.15, -0.1) is 22.7 Å². The van der Waals surface area contributed by atoms with Crippen molar-refractivity contribution in [3.63, 3.8) is 0 Å². The molecule has 166 valence electrons. The van der Waals surface area contributed by atoms with Gasteiger partial charge in [0.15, 0.2) is 10.9 Å². The molecule has 10 heteroatoms. The van der Waals surface area contributed by atoms with Crippen LogP contribution < -0.4 is 9.04 Å². The van der Waals surface area contributed by atoms with Gasteiger partial charge in [0, 0.05) is 28.5 Å². The van der Waals surface area contributed by atoms with Crippen molar-refractivity contribution in [1.82, 2.24) is 9.55 Å². The second-order valence-electron chi connectivity index (χ2n) is 6.97. The maximum absolute atomic E-state index is 13.5. The molecule has 0 unspecified atom stereocenters. The third-order valence-corrected chi connectivity index (χ3v) is 8.91. The molecule has 0 aliphatic heterocycles. The highest BCUT2D eigenvalue weighted by atomic mass is 32.2. The lowest BCUT2D eigenvalue weighted by molar-refractivity contribution is 0.100. The molecule has 7 nitrogen and oxygen atoms in total. The number of carbonyl (C=O) groups excluding carboxylic acids is 1. The number of methoxy groups -OCH3 is 1. The predicted molar refractivity (Wildman–Crippen MR) is 127 cm³/mol. The summed E-state index contributed by atoms with van der Waals surface area (Å²) in [5, 5.41) is 4.32. The van der Waals surface area contributed by atoms with Crippen LogP contribution >= 0.6 is 22.7 Å².